The first kappa shape index (κ1) is 11.5. The summed E-state index contributed by atoms with van der Waals surface area (Å²) >= 11 is 1.62. The summed E-state index contributed by atoms with van der Waals surface area (Å²) in [6, 6.07) is 3.84. The number of nitrogens with zero attached hydrogens (tertiary/aromatic N) is 2. The summed E-state index contributed by atoms with van der Waals surface area (Å²) < 4.78 is 1.68. The zero-order chi connectivity index (χ0) is 12.5. The molecule has 0 saturated carbocycles. The van der Waals surface area contributed by atoms with Crippen LogP contribution in [-0.4, -0.2) is 15.7 Å². The van der Waals surface area contributed by atoms with E-state index >= 15 is 0 Å². The van der Waals surface area contributed by atoms with Gasteiger partial charge in [0.05, 0.1) is 4.88 Å². The van der Waals surface area contributed by atoms with Crippen LogP contribution < -0.4 is 5.32 Å². The van der Waals surface area contributed by atoms with Crippen molar-refractivity contribution in [1.82, 2.24) is 9.78 Å². The number of aryl methyl sites for hydroxylation is 3. The van der Waals surface area contributed by atoms with Crippen LogP contribution >= 0.6 is 11.3 Å². The highest BCUT2D eigenvalue weighted by molar-refractivity contribution is 7.14. The number of nitrogens with one attached hydrogen (secondary N) is 1. The van der Waals surface area contributed by atoms with Gasteiger partial charge in [0.15, 0.2) is 5.82 Å². The van der Waals surface area contributed by atoms with Gasteiger partial charge in [-0.1, -0.05) is 0 Å². The van der Waals surface area contributed by atoms with E-state index < -0.39 is 0 Å². The van der Waals surface area contributed by atoms with Crippen molar-refractivity contribution in [1.29, 1.82) is 0 Å². The van der Waals surface area contributed by atoms with Gasteiger partial charge in [-0.25, -0.2) is 0 Å². The van der Waals surface area contributed by atoms with E-state index in [0.29, 0.717) is 5.82 Å². The number of thiophene rings is 1. The number of rotatable bonds is 2. The molecule has 94 valence electrons. The average Bonchev–Trinajstić information content (AvgIpc) is 2.95. The topological polar surface area (TPSA) is 46.9 Å². The molecular formula is C13H15N3OS. The summed E-state index contributed by atoms with van der Waals surface area (Å²) in [7, 11) is 1.83. The van der Waals surface area contributed by atoms with E-state index in [2.05, 4.69) is 10.4 Å². The van der Waals surface area contributed by atoms with Crippen molar-refractivity contribution in [3.63, 3.8) is 0 Å². The lowest BCUT2D eigenvalue weighted by molar-refractivity contribution is 0.103. The minimum Gasteiger partial charge on any atom is -0.304 e. The predicted molar refractivity (Wildman–Crippen MR) is 72.1 cm³/mol. The van der Waals surface area contributed by atoms with Gasteiger partial charge in [-0.3, -0.25) is 9.48 Å². The fraction of sp³-hybridized carbons (Fsp3) is 0.385. The first-order valence-corrected chi connectivity index (χ1v) is 6.96. The van der Waals surface area contributed by atoms with Gasteiger partial charge < -0.3 is 5.32 Å². The molecule has 3 rings (SSSR count). The predicted octanol–water partition coefficient (Wildman–Crippen LogP) is 2.61. The Morgan fingerprint density at radius 2 is 2.28 bits per heavy atom. The van der Waals surface area contributed by atoms with E-state index in [1.54, 1.807) is 22.1 Å². The molecule has 4 nitrogen and oxygen atoms in total. The van der Waals surface area contributed by atoms with Gasteiger partial charge in [-0.05, 0) is 37.3 Å². The molecule has 0 aliphatic heterocycles. The lowest BCUT2D eigenvalue weighted by Crippen LogP contribution is -2.10. The van der Waals surface area contributed by atoms with Crippen LogP contribution in [0, 0.1) is 0 Å². The third-order valence-corrected chi connectivity index (χ3v) is 4.41. The molecule has 0 atom stereocenters. The van der Waals surface area contributed by atoms with Gasteiger partial charge in [0.1, 0.15) is 0 Å². The zero-order valence-electron chi connectivity index (χ0n) is 10.3. The molecule has 2 aromatic rings. The first-order valence-electron chi connectivity index (χ1n) is 6.15. The van der Waals surface area contributed by atoms with Gasteiger partial charge in [0, 0.05) is 24.2 Å². The maximum absolute atomic E-state index is 12.1. The number of carbonyl (C=O) groups is 1. The number of hydrogen-bond acceptors (Lipinski definition) is 3. The van der Waals surface area contributed by atoms with E-state index in [1.165, 1.54) is 23.3 Å². The lowest BCUT2D eigenvalue weighted by atomic mass is 9.99. The summed E-state index contributed by atoms with van der Waals surface area (Å²) in [6.45, 7) is 0. The minimum absolute atomic E-state index is 0.0481. The molecule has 0 fully saturated rings. The molecule has 1 amide bonds. The van der Waals surface area contributed by atoms with Crippen molar-refractivity contribution in [3.05, 3.63) is 33.6 Å². The minimum atomic E-state index is -0.0481. The largest absolute Gasteiger partial charge is 0.304 e. The molecule has 1 N–H and O–H groups in total. The van der Waals surface area contributed by atoms with Gasteiger partial charge in [-0.2, -0.15) is 5.10 Å². The Hall–Kier alpha value is -1.62. The first-order chi connectivity index (χ1) is 8.72. The summed E-state index contributed by atoms with van der Waals surface area (Å²) in [5.74, 6) is 0.557. The molecule has 0 spiro atoms. The van der Waals surface area contributed by atoms with Gasteiger partial charge in [0.2, 0.25) is 0 Å². The Morgan fingerprint density at radius 3 is 3.00 bits per heavy atom. The molecule has 0 aromatic carbocycles. The van der Waals surface area contributed by atoms with Gasteiger partial charge in [-0.15, -0.1) is 11.3 Å². The molecule has 2 heterocycles. The second kappa shape index (κ2) is 4.57. The molecule has 5 heteroatoms. The fourth-order valence-electron chi connectivity index (χ4n) is 2.26. The molecule has 0 bridgehead atoms. The van der Waals surface area contributed by atoms with Crippen LogP contribution in [0.15, 0.2) is 18.3 Å². The average molecular weight is 261 g/mol. The molecule has 0 radical (unpaired) electrons. The van der Waals surface area contributed by atoms with Crippen LogP contribution in [0.3, 0.4) is 0 Å². The Morgan fingerprint density at radius 1 is 1.44 bits per heavy atom. The van der Waals surface area contributed by atoms with Crippen LogP contribution in [0.1, 0.15) is 33.0 Å². The zero-order valence-corrected chi connectivity index (χ0v) is 11.1. The van der Waals surface area contributed by atoms with Crippen molar-refractivity contribution >= 4 is 23.1 Å². The summed E-state index contributed by atoms with van der Waals surface area (Å²) in [5.41, 5.74) is 1.36. The number of carbonyl (C=O) groups excluding carboxylic acids is 1. The highest BCUT2D eigenvalue weighted by Gasteiger charge is 2.17. The second-order valence-corrected chi connectivity index (χ2v) is 5.73. The molecule has 2 aromatic heterocycles. The van der Waals surface area contributed by atoms with Crippen LogP contribution in [0.2, 0.25) is 0 Å². The van der Waals surface area contributed by atoms with Crippen molar-refractivity contribution in [3.8, 4) is 0 Å². The SMILES string of the molecule is Cn1ccc(NC(=O)c2cc3c(s2)CCCC3)n1. The van der Waals surface area contributed by atoms with Crippen molar-refractivity contribution in [2.45, 2.75) is 25.7 Å². The van der Waals surface area contributed by atoms with Crippen LogP contribution in [0.5, 0.6) is 0 Å². The Bertz CT molecular complexity index is 561. The highest BCUT2D eigenvalue weighted by Crippen LogP contribution is 2.29. The number of hydrogen-bond donors (Lipinski definition) is 1. The van der Waals surface area contributed by atoms with E-state index in [9.17, 15) is 4.79 Å². The quantitative estimate of drug-likeness (QED) is 0.903. The van der Waals surface area contributed by atoms with E-state index in [-0.39, 0.29) is 5.91 Å². The Labute approximate surface area is 110 Å². The number of aromatic nitrogens is 2. The van der Waals surface area contributed by atoms with Crippen molar-refractivity contribution in [2.75, 3.05) is 5.32 Å². The molecule has 1 aliphatic rings. The smallest absolute Gasteiger partial charge is 0.266 e. The Kier molecular flexibility index (Phi) is 2.91. The monoisotopic (exact) mass is 261 g/mol. The third kappa shape index (κ3) is 2.18. The Balaban J connectivity index is 1.78. The second-order valence-electron chi connectivity index (χ2n) is 4.59. The van der Waals surface area contributed by atoms with Crippen LogP contribution in [0.25, 0.3) is 0 Å². The third-order valence-electron chi connectivity index (χ3n) is 3.18. The molecule has 18 heavy (non-hydrogen) atoms. The number of anilines is 1. The molecule has 0 unspecified atom stereocenters. The summed E-state index contributed by atoms with van der Waals surface area (Å²) in [4.78, 5) is 14.3. The van der Waals surface area contributed by atoms with Crippen molar-refractivity contribution < 1.29 is 4.79 Å². The molecular weight excluding hydrogens is 246 g/mol. The number of amides is 1. The molecule has 1 aliphatic carbocycles. The standard InChI is InChI=1S/C13H15N3OS/c1-16-7-6-12(15-16)14-13(17)11-8-9-4-2-3-5-10(9)18-11/h6-8H,2-5H2,1H3,(H,14,15,17). The normalized spacial score (nSPS) is 14.3. The molecule has 0 saturated heterocycles. The maximum Gasteiger partial charge on any atom is 0.266 e. The van der Waals surface area contributed by atoms with Gasteiger partial charge >= 0.3 is 0 Å². The van der Waals surface area contributed by atoms with Gasteiger partial charge in [0.25, 0.3) is 5.91 Å². The lowest BCUT2D eigenvalue weighted by Gasteiger charge is -2.08. The number of fused-ring (bicyclic) bond motifs is 1. The van der Waals surface area contributed by atoms with E-state index in [4.69, 9.17) is 0 Å². The summed E-state index contributed by atoms with van der Waals surface area (Å²) in [6.07, 6.45) is 6.54. The van der Waals surface area contributed by atoms with E-state index in [0.717, 1.165) is 17.7 Å². The van der Waals surface area contributed by atoms with E-state index in [1.807, 2.05) is 19.3 Å². The summed E-state index contributed by atoms with van der Waals surface area (Å²) in [5, 5.41) is 6.98. The highest BCUT2D eigenvalue weighted by atomic mass is 32.1. The fourth-order valence-corrected chi connectivity index (χ4v) is 3.41. The van der Waals surface area contributed by atoms with Crippen LogP contribution in [0.4, 0.5) is 5.82 Å². The van der Waals surface area contributed by atoms with Crippen LogP contribution in [-0.2, 0) is 19.9 Å². The van der Waals surface area contributed by atoms with Crippen molar-refractivity contribution in [2.24, 2.45) is 7.05 Å². The maximum atomic E-state index is 12.1.